The van der Waals surface area contributed by atoms with E-state index in [2.05, 4.69) is 42.3 Å². The first-order valence-electron chi connectivity index (χ1n) is 14.0. The number of fused-ring (bicyclic) bond motifs is 1. The quantitative estimate of drug-likeness (QED) is 0.367. The fraction of sp³-hybridized carbons (Fsp3) is 0.516. The third-order valence-electron chi connectivity index (χ3n) is 8.10. The van der Waals surface area contributed by atoms with Crippen LogP contribution in [0.25, 0.3) is 11.0 Å². The minimum Gasteiger partial charge on any atom is -0.459 e. The van der Waals surface area contributed by atoms with Crippen LogP contribution >= 0.6 is 0 Å². The Kier molecular flexibility index (Phi) is 8.04. The molecule has 1 aromatic heterocycles. The highest BCUT2D eigenvalue weighted by Crippen LogP contribution is 2.41. The van der Waals surface area contributed by atoms with Gasteiger partial charge in [-0.2, -0.15) is 0 Å². The van der Waals surface area contributed by atoms with E-state index in [0.717, 1.165) is 61.9 Å². The molecule has 1 saturated carbocycles. The average Bonchev–Trinajstić information content (AvgIpc) is 3.28. The summed E-state index contributed by atoms with van der Waals surface area (Å²) in [6.07, 6.45) is 7.20. The van der Waals surface area contributed by atoms with Crippen molar-refractivity contribution in [3.8, 4) is 0 Å². The second kappa shape index (κ2) is 11.6. The third kappa shape index (κ3) is 5.64. The Balaban J connectivity index is 1.42. The number of morpholine rings is 1. The van der Waals surface area contributed by atoms with Crippen LogP contribution in [0.5, 0.6) is 0 Å². The topological polar surface area (TPSA) is 58.0 Å². The van der Waals surface area contributed by atoms with Gasteiger partial charge in [-0.15, -0.1) is 0 Å². The highest BCUT2D eigenvalue weighted by atomic mass is 16.5. The van der Waals surface area contributed by atoms with Gasteiger partial charge in [-0.05, 0) is 74.6 Å². The molecule has 1 unspecified atom stereocenters. The Hall–Kier alpha value is -2.99. The maximum atomic E-state index is 12.7. The fourth-order valence-corrected chi connectivity index (χ4v) is 5.95. The van der Waals surface area contributed by atoms with Crippen LogP contribution in [-0.2, 0) is 4.74 Å². The Morgan fingerprint density at radius 2 is 1.81 bits per heavy atom. The van der Waals surface area contributed by atoms with Crippen molar-refractivity contribution in [2.24, 2.45) is 5.92 Å². The molecule has 5 rings (SSSR count). The van der Waals surface area contributed by atoms with Gasteiger partial charge in [0.05, 0.1) is 19.3 Å². The zero-order valence-electron chi connectivity index (χ0n) is 22.6. The standard InChI is InChI=1S/C31H41N3O3/c1-4-16-33(3)31(35)24-10-12-25(13-11-24)32-29(23-8-6-5-7-9-23)30-22(2)27-21-26(14-15-28(27)37-30)34-17-19-36-20-18-34/h10-15,21,23,29,32H,4-9,16-20H2,1-3H3. The Labute approximate surface area is 221 Å². The lowest BCUT2D eigenvalue weighted by atomic mass is 9.82. The van der Waals surface area contributed by atoms with E-state index < -0.39 is 0 Å². The first-order chi connectivity index (χ1) is 18.0. The van der Waals surface area contributed by atoms with Crippen molar-refractivity contribution in [2.75, 3.05) is 50.1 Å². The van der Waals surface area contributed by atoms with Crippen LogP contribution < -0.4 is 10.2 Å². The van der Waals surface area contributed by atoms with E-state index in [-0.39, 0.29) is 11.9 Å². The number of ether oxygens (including phenoxy) is 1. The van der Waals surface area contributed by atoms with Gasteiger partial charge in [0.25, 0.3) is 5.91 Å². The monoisotopic (exact) mass is 503 g/mol. The van der Waals surface area contributed by atoms with Gasteiger partial charge in [-0.1, -0.05) is 26.2 Å². The van der Waals surface area contributed by atoms with E-state index in [4.69, 9.17) is 9.15 Å². The molecule has 2 heterocycles. The van der Waals surface area contributed by atoms with Crippen molar-refractivity contribution < 1.29 is 13.9 Å². The van der Waals surface area contributed by atoms with Gasteiger partial charge in [0.1, 0.15) is 11.3 Å². The number of nitrogens with one attached hydrogen (secondary N) is 1. The van der Waals surface area contributed by atoms with Crippen molar-refractivity contribution in [2.45, 2.75) is 58.4 Å². The van der Waals surface area contributed by atoms with Gasteiger partial charge < -0.3 is 24.3 Å². The molecule has 198 valence electrons. The Bertz CT molecular complexity index is 1190. The van der Waals surface area contributed by atoms with Gasteiger partial charge in [0.15, 0.2) is 0 Å². The summed E-state index contributed by atoms with van der Waals surface area (Å²) in [5.41, 5.74) is 5.17. The molecule has 3 aromatic rings. The van der Waals surface area contributed by atoms with Crippen molar-refractivity contribution in [1.82, 2.24) is 4.90 Å². The fourth-order valence-electron chi connectivity index (χ4n) is 5.95. The molecule has 2 aromatic carbocycles. The summed E-state index contributed by atoms with van der Waals surface area (Å²) in [5, 5.41) is 5.02. The van der Waals surface area contributed by atoms with Crippen LogP contribution in [0.2, 0.25) is 0 Å². The number of nitrogens with zero attached hydrogens (tertiary/aromatic N) is 2. The van der Waals surface area contributed by atoms with Crippen LogP contribution in [0.15, 0.2) is 46.9 Å². The average molecular weight is 504 g/mol. The summed E-state index contributed by atoms with van der Waals surface area (Å²) in [6.45, 7) is 8.46. The number of aryl methyl sites for hydroxylation is 1. The summed E-state index contributed by atoms with van der Waals surface area (Å²) < 4.78 is 12.1. The van der Waals surface area contributed by atoms with Crippen LogP contribution in [0.3, 0.4) is 0 Å². The van der Waals surface area contributed by atoms with Crippen LogP contribution in [0.4, 0.5) is 11.4 Å². The number of amides is 1. The molecule has 2 aliphatic rings. The molecule has 0 bridgehead atoms. The molecule has 0 radical (unpaired) electrons. The number of furan rings is 1. The molecule has 6 heteroatoms. The third-order valence-corrected chi connectivity index (χ3v) is 8.10. The maximum Gasteiger partial charge on any atom is 0.253 e. The molecule has 1 saturated heterocycles. The summed E-state index contributed by atoms with van der Waals surface area (Å²) in [6, 6.07) is 14.6. The van der Waals surface area contributed by atoms with Gasteiger partial charge in [0, 0.05) is 54.6 Å². The molecule has 1 atom stereocenters. The Morgan fingerprint density at radius 3 is 2.51 bits per heavy atom. The predicted molar refractivity (Wildman–Crippen MR) is 151 cm³/mol. The predicted octanol–water partition coefficient (Wildman–Crippen LogP) is 6.79. The van der Waals surface area contributed by atoms with Crippen LogP contribution in [-0.4, -0.2) is 50.7 Å². The smallest absolute Gasteiger partial charge is 0.253 e. The number of carbonyl (C=O) groups excluding carboxylic acids is 1. The van der Waals surface area contributed by atoms with Gasteiger partial charge in [-0.3, -0.25) is 4.79 Å². The lowest BCUT2D eigenvalue weighted by Crippen LogP contribution is -2.36. The van der Waals surface area contributed by atoms with Gasteiger partial charge in [-0.25, -0.2) is 0 Å². The first-order valence-corrected chi connectivity index (χ1v) is 14.0. The number of benzene rings is 2. The van der Waals surface area contributed by atoms with Crippen molar-refractivity contribution in [3.05, 3.63) is 59.4 Å². The molecule has 1 N–H and O–H groups in total. The largest absolute Gasteiger partial charge is 0.459 e. The zero-order chi connectivity index (χ0) is 25.8. The molecule has 1 amide bonds. The van der Waals surface area contributed by atoms with E-state index in [9.17, 15) is 4.79 Å². The normalized spacial score (nSPS) is 17.6. The number of hydrogen-bond donors (Lipinski definition) is 1. The molecule has 0 spiro atoms. The molecule has 1 aliphatic carbocycles. The Morgan fingerprint density at radius 1 is 1.08 bits per heavy atom. The molecule has 1 aliphatic heterocycles. The minimum absolute atomic E-state index is 0.0708. The molecule has 6 nitrogen and oxygen atoms in total. The maximum absolute atomic E-state index is 12.7. The van der Waals surface area contributed by atoms with E-state index in [0.29, 0.717) is 5.92 Å². The molecule has 2 fully saturated rings. The van der Waals surface area contributed by atoms with E-state index in [1.807, 2.05) is 31.3 Å². The lowest BCUT2D eigenvalue weighted by molar-refractivity contribution is 0.0795. The highest BCUT2D eigenvalue weighted by Gasteiger charge is 2.30. The van der Waals surface area contributed by atoms with E-state index in [1.165, 1.54) is 48.7 Å². The number of carbonyl (C=O) groups is 1. The number of hydrogen-bond acceptors (Lipinski definition) is 5. The van der Waals surface area contributed by atoms with Gasteiger partial charge in [0.2, 0.25) is 0 Å². The summed E-state index contributed by atoms with van der Waals surface area (Å²) in [5.74, 6) is 1.63. The second-order valence-corrected chi connectivity index (χ2v) is 10.7. The number of anilines is 2. The molecular weight excluding hydrogens is 462 g/mol. The second-order valence-electron chi connectivity index (χ2n) is 10.7. The van der Waals surface area contributed by atoms with E-state index >= 15 is 0 Å². The SMILES string of the molecule is CCCN(C)C(=O)c1ccc(NC(c2oc3ccc(N4CCOCC4)cc3c2C)C2CCCCC2)cc1. The van der Waals surface area contributed by atoms with Crippen molar-refractivity contribution in [1.29, 1.82) is 0 Å². The lowest BCUT2D eigenvalue weighted by Gasteiger charge is -2.31. The highest BCUT2D eigenvalue weighted by molar-refractivity contribution is 5.94. The van der Waals surface area contributed by atoms with Crippen LogP contribution in [0.1, 0.15) is 73.2 Å². The van der Waals surface area contributed by atoms with Crippen molar-refractivity contribution >= 4 is 28.3 Å². The molecular formula is C31H41N3O3. The first kappa shape index (κ1) is 25.7. The summed E-state index contributed by atoms with van der Waals surface area (Å²) in [7, 11) is 1.87. The molecule has 37 heavy (non-hydrogen) atoms. The summed E-state index contributed by atoms with van der Waals surface area (Å²) >= 11 is 0. The van der Waals surface area contributed by atoms with E-state index in [1.54, 1.807) is 4.90 Å². The minimum atomic E-state index is 0.0708. The number of rotatable bonds is 8. The van der Waals surface area contributed by atoms with Gasteiger partial charge >= 0.3 is 0 Å². The van der Waals surface area contributed by atoms with Crippen LogP contribution in [0, 0.1) is 12.8 Å². The van der Waals surface area contributed by atoms with Crippen molar-refractivity contribution in [3.63, 3.8) is 0 Å². The summed E-state index contributed by atoms with van der Waals surface area (Å²) in [4.78, 5) is 16.9. The zero-order valence-corrected chi connectivity index (χ0v) is 22.6.